The molecule has 4 nitrogen and oxygen atoms in total. The molecule has 0 heterocycles. The summed E-state index contributed by atoms with van der Waals surface area (Å²) in [4.78, 5) is 11.7. The summed E-state index contributed by atoms with van der Waals surface area (Å²) in [5.74, 6) is 0. The Morgan fingerprint density at radius 3 is 2.67 bits per heavy atom. The molecule has 1 saturated carbocycles. The monoisotopic (exact) mass is 288 g/mol. The molecule has 0 aromatic heterocycles. The number of rotatable bonds is 2. The number of hydrogen-bond acceptors (Lipinski definition) is 2. The van der Waals surface area contributed by atoms with Crippen LogP contribution in [-0.4, -0.2) is 23.3 Å². The molecule has 0 bridgehead atoms. The molecule has 6 heteroatoms. The van der Waals surface area contributed by atoms with Crippen LogP contribution in [0.4, 0.5) is 10.5 Å². The number of carbonyl (C=O) groups excluding carboxylic acids is 1. The van der Waals surface area contributed by atoms with Crippen LogP contribution in [0, 0.1) is 0 Å². The normalized spacial score (nSPS) is 22.8. The zero-order valence-corrected chi connectivity index (χ0v) is 11.1. The fraction of sp³-hybridized carbons (Fsp3) is 0.417. The first kappa shape index (κ1) is 13.5. The second kappa shape index (κ2) is 5.78. The van der Waals surface area contributed by atoms with Crippen LogP contribution >= 0.6 is 23.2 Å². The number of carbonyl (C=O) groups is 1. The average molecular weight is 289 g/mol. The van der Waals surface area contributed by atoms with Crippen molar-refractivity contribution in [2.75, 3.05) is 5.32 Å². The van der Waals surface area contributed by atoms with Gasteiger partial charge in [-0.1, -0.05) is 23.2 Å². The van der Waals surface area contributed by atoms with Gasteiger partial charge in [0.1, 0.15) is 0 Å². The molecule has 0 radical (unpaired) electrons. The fourth-order valence-corrected chi connectivity index (χ4v) is 2.32. The Labute approximate surface area is 115 Å². The van der Waals surface area contributed by atoms with E-state index in [9.17, 15) is 9.90 Å². The lowest BCUT2D eigenvalue weighted by Gasteiger charge is -2.17. The molecule has 1 aromatic carbocycles. The van der Waals surface area contributed by atoms with Crippen molar-refractivity contribution >= 4 is 34.9 Å². The summed E-state index contributed by atoms with van der Waals surface area (Å²) >= 11 is 11.6. The first-order valence-corrected chi connectivity index (χ1v) is 6.52. The van der Waals surface area contributed by atoms with E-state index in [1.807, 2.05) is 0 Å². The van der Waals surface area contributed by atoms with Crippen LogP contribution in [0.25, 0.3) is 0 Å². The molecule has 0 spiro atoms. The average Bonchev–Trinajstić information content (AvgIpc) is 2.70. The van der Waals surface area contributed by atoms with Gasteiger partial charge < -0.3 is 15.7 Å². The Kier molecular flexibility index (Phi) is 4.32. The molecule has 3 N–H and O–H groups in total. The Morgan fingerprint density at radius 2 is 2.06 bits per heavy atom. The van der Waals surface area contributed by atoms with E-state index in [-0.39, 0.29) is 12.1 Å². The second-order valence-electron chi connectivity index (χ2n) is 4.33. The van der Waals surface area contributed by atoms with E-state index < -0.39 is 6.10 Å². The van der Waals surface area contributed by atoms with Crippen LogP contribution in [-0.2, 0) is 0 Å². The van der Waals surface area contributed by atoms with E-state index in [1.54, 1.807) is 18.2 Å². The lowest BCUT2D eigenvalue weighted by atomic mass is 10.2. The summed E-state index contributed by atoms with van der Waals surface area (Å²) in [5, 5.41) is 15.8. The summed E-state index contributed by atoms with van der Waals surface area (Å²) < 4.78 is 0. The number of halogens is 2. The molecular formula is C12H14Cl2N2O2. The van der Waals surface area contributed by atoms with Crippen LogP contribution in [0.1, 0.15) is 19.3 Å². The standard InChI is InChI=1S/C12H14Cl2N2O2/c13-8-5-4-7(6-9(8)14)15-12(18)16-10-2-1-3-11(10)17/h4-6,10-11,17H,1-3H2,(H2,15,16,18)/t10-,11-/m1/s1. The minimum Gasteiger partial charge on any atom is -0.391 e. The minimum absolute atomic E-state index is 0.173. The Morgan fingerprint density at radius 1 is 1.28 bits per heavy atom. The highest BCUT2D eigenvalue weighted by atomic mass is 35.5. The highest BCUT2D eigenvalue weighted by Crippen LogP contribution is 2.25. The highest BCUT2D eigenvalue weighted by Gasteiger charge is 2.26. The Balaban J connectivity index is 1.92. The van der Waals surface area contributed by atoms with Crippen molar-refractivity contribution in [2.45, 2.75) is 31.4 Å². The molecule has 2 atom stereocenters. The van der Waals surface area contributed by atoms with Crippen LogP contribution in [0.2, 0.25) is 10.0 Å². The highest BCUT2D eigenvalue weighted by molar-refractivity contribution is 6.42. The van der Waals surface area contributed by atoms with Gasteiger partial charge in [0.2, 0.25) is 0 Å². The van der Waals surface area contributed by atoms with Gasteiger partial charge >= 0.3 is 6.03 Å². The zero-order valence-electron chi connectivity index (χ0n) is 9.62. The van der Waals surface area contributed by atoms with Crippen LogP contribution in [0.3, 0.4) is 0 Å². The van der Waals surface area contributed by atoms with Crippen molar-refractivity contribution < 1.29 is 9.90 Å². The summed E-state index contributed by atoms with van der Waals surface area (Å²) in [5.41, 5.74) is 0.564. The summed E-state index contributed by atoms with van der Waals surface area (Å²) in [6.45, 7) is 0. The SMILES string of the molecule is O=C(Nc1ccc(Cl)c(Cl)c1)N[C@@H]1CCC[C@H]1O. The van der Waals surface area contributed by atoms with Gasteiger partial charge in [0, 0.05) is 5.69 Å². The van der Waals surface area contributed by atoms with Gasteiger partial charge in [-0.15, -0.1) is 0 Å². The van der Waals surface area contributed by atoms with Gasteiger partial charge in [-0.25, -0.2) is 4.79 Å². The van der Waals surface area contributed by atoms with E-state index in [0.717, 1.165) is 19.3 Å². The van der Waals surface area contributed by atoms with Crippen LogP contribution in [0.5, 0.6) is 0 Å². The summed E-state index contributed by atoms with van der Waals surface area (Å²) in [7, 11) is 0. The maximum Gasteiger partial charge on any atom is 0.319 e. The predicted octanol–water partition coefficient (Wildman–Crippen LogP) is 3.03. The first-order chi connectivity index (χ1) is 8.56. The molecule has 2 rings (SSSR count). The number of urea groups is 1. The maximum atomic E-state index is 11.7. The van der Waals surface area contributed by atoms with Crippen LogP contribution in [0.15, 0.2) is 18.2 Å². The number of benzene rings is 1. The van der Waals surface area contributed by atoms with Crippen molar-refractivity contribution in [1.29, 1.82) is 0 Å². The first-order valence-electron chi connectivity index (χ1n) is 5.77. The third-order valence-electron chi connectivity index (χ3n) is 2.97. The van der Waals surface area contributed by atoms with Crippen molar-refractivity contribution in [1.82, 2.24) is 5.32 Å². The van der Waals surface area contributed by atoms with Crippen molar-refractivity contribution in [3.8, 4) is 0 Å². The Bertz CT molecular complexity index is 454. The van der Waals surface area contributed by atoms with Gasteiger partial charge in [0.05, 0.1) is 22.2 Å². The molecule has 18 heavy (non-hydrogen) atoms. The van der Waals surface area contributed by atoms with Crippen molar-refractivity contribution in [3.63, 3.8) is 0 Å². The van der Waals surface area contributed by atoms with Gasteiger partial charge in [0.25, 0.3) is 0 Å². The van der Waals surface area contributed by atoms with E-state index >= 15 is 0 Å². The van der Waals surface area contributed by atoms with E-state index in [1.165, 1.54) is 0 Å². The third-order valence-corrected chi connectivity index (χ3v) is 3.71. The lowest BCUT2D eigenvalue weighted by molar-refractivity contribution is 0.151. The van der Waals surface area contributed by atoms with Crippen molar-refractivity contribution in [2.24, 2.45) is 0 Å². The number of aliphatic hydroxyl groups excluding tert-OH is 1. The molecule has 1 aromatic rings. The van der Waals surface area contributed by atoms with Gasteiger partial charge in [-0.05, 0) is 37.5 Å². The molecular weight excluding hydrogens is 275 g/mol. The molecule has 0 saturated heterocycles. The zero-order chi connectivity index (χ0) is 13.1. The maximum absolute atomic E-state index is 11.7. The smallest absolute Gasteiger partial charge is 0.319 e. The Hall–Kier alpha value is -0.970. The molecule has 1 aliphatic carbocycles. The second-order valence-corrected chi connectivity index (χ2v) is 5.15. The van der Waals surface area contributed by atoms with E-state index in [4.69, 9.17) is 23.2 Å². The van der Waals surface area contributed by atoms with E-state index in [0.29, 0.717) is 15.7 Å². The molecule has 1 fully saturated rings. The number of amides is 2. The molecule has 2 amide bonds. The number of aliphatic hydroxyl groups is 1. The molecule has 98 valence electrons. The topological polar surface area (TPSA) is 61.4 Å². The van der Waals surface area contributed by atoms with Gasteiger partial charge in [-0.3, -0.25) is 0 Å². The van der Waals surface area contributed by atoms with Gasteiger partial charge in [0.15, 0.2) is 0 Å². The third kappa shape index (κ3) is 3.28. The number of hydrogen-bond donors (Lipinski definition) is 3. The van der Waals surface area contributed by atoms with Gasteiger partial charge in [-0.2, -0.15) is 0 Å². The summed E-state index contributed by atoms with van der Waals surface area (Å²) in [6, 6.07) is 4.34. The van der Waals surface area contributed by atoms with E-state index in [2.05, 4.69) is 10.6 Å². The fourth-order valence-electron chi connectivity index (χ4n) is 2.02. The summed E-state index contributed by atoms with van der Waals surface area (Å²) in [6.07, 6.45) is 2.01. The quantitative estimate of drug-likeness (QED) is 0.783. The molecule has 0 aliphatic heterocycles. The predicted molar refractivity (Wildman–Crippen MR) is 72.3 cm³/mol. The largest absolute Gasteiger partial charge is 0.391 e. The number of nitrogens with one attached hydrogen (secondary N) is 2. The van der Waals surface area contributed by atoms with Crippen LogP contribution < -0.4 is 10.6 Å². The molecule has 0 unspecified atom stereocenters. The minimum atomic E-state index is -0.454. The molecule has 1 aliphatic rings. The van der Waals surface area contributed by atoms with Crippen molar-refractivity contribution in [3.05, 3.63) is 28.2 Å². The number of anilines is 1. The lowest BCUT2D eigenvalue weighted by Crippen LogP contribution is -2.42.